The van der Waals surface area contributed by atoms with Crippen molar-refractivity contribution in [2.45, 2.75) is 39.1 Å². The fourth-order valence-corrected chi connectivity index (χ4v) is 1.89. The summed E-state index contributed by atoms with van der Waals surface area (Å²) in [5.41, 5.74) is -0.721. The van der Waals surface area contributed by atoms with Crippen molar-refractivity contribution in [1.82, 2.24) is 5.32 Å². The van der Waals surface area contributed by atoms with Gasteiger partial charge in [0.1, 0.15) is 0 Å². The Labute approximate surface area is 112 Å². The van der Waals surface area contributed by atoms with E-state index in [1.807, 2.05) is 20.8 Å². The first kappa shape index (κ1) is 16.0. The molecule has 0 fully saturated rings. The minimum atomic E-state index is -4.31. The molecule has 0 saturated carbocycles. The summed E-state index contributed by atoms with van der Waals surface area (Å²) >= 11 is 0. The molecule has 1 aromatic rings. The van der Waals surface area contributed by atoms with Gasteiger partial charge in [0.15, 0.2) is 0 Å². The molecular weight excluding hydrogens is 255 g/mol. The van der Waals surface area contributed by atoms with Gasteiger partial charge in [-0.1, -0.05) is 18.2 Å². The van der Waals surface area contributed by atoms with Crippen LogP contribution in [-0.4, -0.2) is 18.8 Å². The SMILES string of the molecule is CCOC(C)(C)CNCc1ccccc1C(F)(F)F. The van der Waals surface area contributed by atoms with E-state index in [1.54, 1.807) is 6.07 Å². The van der Waals surface area contributed by atoms with Crippen LogP contribution < -0.4 is 5.32 Å². The van der Waals surface area contributed by atoms with Gasteiger partial charge in [-0.25, -0.2) is 0 Å². The highest BCUT2D eigenvalue weighted by Gasteiger charge is 2.32. The minimum absolute atomic E-state index is 0.173. The second-order valence-corrected chi connectivity index (χ2v) is 4.95. The van der Waals surface area contributed by atoms with Crippen molar-refractivity contribution in [2.24, 2.45) is 0 Å². The Morgan fingerprint density at radius 3 is 2.37 bits per heavy atom. The molecule has 0 unspecified atom stereocenters. The summed E-state index contributed by atoms with van der Waals surface area (Å²) in [6.07, 6.45) is -4.31. The summed E-state index contributed by atoms with van der Waals surface area (Å²) in [5, 5.41) is 3.01. The highest BCUT2D eigenvalue weighted by atomic mass is 19.4. The Morgan fingerprint density at radius 2 is 1.79 bits per heavy atom. The van der Waals surface area contributed by atoms with Crippen molar-refractivity contribution in [3.8, 4) is 0 Å². The van der Waals surface area contributed by atoms with Crippen LogP contribution in [0.1, 0.15) is 31.9 Å². The van der Waals surface area contributed by atoms with Crippen molar-refractivity contribution in [3.63, 3.8) is 0 Å². The lowest BCUT2D eigenvalue weighted by atomic mass is 10.1. The molecule has 0 spiro atoms. The lowest BCUT2D eigenvalue weighted by Gasteiger charge is -2.25. The first-order chi connectivity index (χ1) is 8.76. The van der Waals surface area contributed by atoms with Crippen LogP contribution in [0.15, 0.2) is 24.3 Å². The van der Waals surface area contributed by atoms with E-state index in [1.165, 1.54) is 12.1 Å². The molecule has 0 radical (unpaired) electrons. The van der Waals surface area contributed by atoms with Crippen LogP contribution >= 0.6 is 0 Å². The lowest BCUT2D eigenvalue weighted by molar-refractivity contribution is -0.138. The third kappa shape index (κ3) is 5.20. The van der Waals surface area contributed by atoms with Crippen LogP contribution in [0.3, 0.4) is 0 Å². The number of benzene rings is 1. The van der Waals surface area contributed by atoms with Gasteiger partial charge in [0, 0.05) is 19.7 Å². The quantitative estimate of drug-likeness (QED) is 0.856. The Bertz CT molecular complexity index is 402. The first-order valence-electron chi connectivity index (χ1n) is 6.26. The molecule has 0 aliphatic heterocycles. The van der Waals surface area contributed by atoms with Crippen LogP contribution in [0.25, 0.3) is 0 Å². The van der Waals surface area contributed by atoms with Crippen LogP contribution in [0.5, 0.6) is 0 Å². The third-order valence-electron chi connectivity index (χ3n) is 2.72. The number of nitrogens with one attached hydrogen (secondary N) is 1. The second-order valence-electron chi connectivity index (χ2n) is 4.95. The van der Waals surface area contributed by atoms with Gasteiger partial charge >= 0.3 is 6.18 Å². The Balaban J connectivity index is 2.64. The largest absolute Gasteiger partial charge is 0.416 e. The average Bonchev–Trinajstić information content (AvgIpc) is 2.28. The molecule has 0 heterocycles. The van der Waals surface area contributed by atoms with Crippen LogP contribution in [0.2, 0.25) is 0 Å². The molecule has 0 atom stereocenters. The smallest absolute Gasteiger partial charge is 0.375 e. The van der Waals surface area contributed by atoms with E-state index >= 15 is 0 Å². The molecule has 0 amide bonds. The van der Waals surface area contributed by atoms with Gasteiger partial charge in [0.25, 0.3) is 0 Å². The summed E-state index contributed by atoms with van der Waals surface area (Å²) < 4.78 is 43.8. The van der Waals surface area contributed by atoms with E-state index in [-0.39, 0.29) is 17.7 Å². The zero-order valence-corrected chi connectivity index (χ0v) is 11.5. The summed E-state index contributed by atoms with van der Waals surface area (Å²) in [5.74, 6) is 0. The molecule has 2 nitrogen and oxygen atoms in total. The zero-order valence-electron chi connectivity index (χ0n) is 11.5. The number of hydrogen-bond donors (Lipinski definition) is 1. The molecule has 1 rings (SSSR count). The molecule has 108 valence electrons. The van der Waals surface area contributed by atoms with Gasteiger partial charge in [-0.3, -0.25) is 0 Å². The Kier molecular flexibility index (Phi) is 5.38. The van der Waals surface area contributed by atoms with E-state index in [0.717, 1.165) is 6.07 Å². The van der Waals surface area contributed by atoms with Crippen molar-refractivity contribution in [2.75, 3.05) is 13.2 Å². The number of halogens is 3. The number of ether oxygens (including phenoxy) is 1. The van der Waals surface area contributed by atoms with Crippen molar-refractivity contribution >= 4 is 0 Å². The topological polar surface area (TPSA) is 21.3 Å². The van der Waals surface area contributed by atoms with Gasteiger partial charge in [-0.2, -0.15) is 13.2 Å². The monoisotopic (exact) mass is 275 g/mol. The highest BCUT2D eigenvalue weighted by Crippen LogP contribution is 2.31. The lowest BCUT2D eigenvalue weighted by Crippen LogP contribution is -2.37. The Hall–Kier alpha value is -1.07. The summed E-state index contributed by atoms with van der Waals surface area (Å²) in [6, 6.07) is 5.60. The first-order valence-corrected chi connectivity index (χ1v) is 6.26. The van der Waals surface area contributed by atoms with E-state index < -0.39 is 11.7 Å². The number of hydrogen-bond acceptors (Lipinski definition) is 2. The second kappa shape index (κ2) is 6.39. The molecule has 1 aromatic carbocycles. The maximum absolute atomic E-state index is 12.8. The molecule has 5 heteroatoms. The molecule has 0 aliphatic rings. The average molecular weight is 275 g/mol. The predicted octanol–water partition coefficient (Wildman–Crippen LogP) is 3.61. The number of alkyl halides is 3. The molecule has 0 aliphatic carbocycles. The summed E-state index contributed by atoms with van der Waals surface area (Å²) in [4.78, 5) is 0. The van der Waals surface area contributed by atoms with Gasteiger partial charge in [0.2, 0.25) is 0 Å². The van der Waals surface area contributed by atoms with Crippen molar-refractivity contribution in [1.29, 1.82) is 0 Å². The van der Waals surface area contributed by atoms with Crippen LogP contribution in [-0.2, 0) is 17.5 Å². The summed E-state index contributed by atoms with van der Waals surface area (Å²) in [6.45, 7) is 6.94. The molecule has 0 bridgehead atoms. The molecule has 0 saturated heterocycles. The number of rotatable bonds is 6. The van der Waals surface area contributed by atoms with Gasteiger partial charge in [-0.15, -0.1) is 0 Å². The van der Waals surface area contributed by atoms with E-state index in [0.29, 0.717) is 13.2 Å². The predicted molar refractivity (Wildman–Crippen MR) is 68.9 cm³/mol. The minimum Gasteiger partial charge on any atom is -0.375 e. The van der Waals surface area contributed by atoms with E-state index in [9.17, 15) is 13.2 Å². The third-order valence-corrected chi connectivity index (χ3v) is 2.72. The highest BCUT2D eigenvalue weighted by molar-refractivity contribution is 5.29. The van der Waals surface area contributed by atoms with Crippen molar-refractivity contribution in [3.05, 3.63) is 35.4 Å². The van der Waals surface area contributed by atoms with Gasteiger partial charge in [0.05, 0.1) is 11.2 Å². The maximum Gasteiger partial charge on any atom is 0.416 e. The maximum atomic E-state index is 12.8. The zero-order chi connectivity index (χ0) is 14.5. The fourth-order valence-electron chi connectivity index (χ4n) is 1.89. The van der Waals surface area contributed by atoms with Gasteiger partial charge in [-0.05, 0) is 32.4 Å². The molecular formula is C14H20F3NO. The molecule has 1 N–H and O–H groups in total. The van der Waals surface area contributed by atoms with E-state index in [4.69, 9.17) is 4.74 Å². The fraction of sp³-hybridized carbons (Fsp3) is 0.571. The molecule has 19 heavy (non-hydrogen) atoms. The van der Waals surface area contributed by atoms with Gasteiger partial charge < -0.3 is 10.1 Å². The van der Waals surface area contributed by atoms with Crippen LogP contribution in [0, 0.1) is 0 Å². The normalized spacial score (nSPS) is 12.7. The standard InChI is InChI=1S/C14H20F3NO/c1-4-19-13(2,3)10-18-9-11-7-5-6-8-12(11)14(15,16)17/h5-8,18H,4,9-10H2,1-3H3. The van der Waals surface area contributed by atoms with Crippen molar-refractivity contribution < 1.29 is 17.9 Å². The van der Waals surface area contributed by atoms with E-state index in [2.05, 4.69) is 5.32 Å². The summed E-state index contributed by atoms with van der Waals surface area (Å²) in [7, 11) is 0. The Morgan fingerprint density at radius 1 is 1.16 bits per heavy atom. The molecule has 0 aromatic heterocycles. The van der Waals surface area contributed by atoms with Crippen LogP contribution in [0.4, 0.5) is 13.2 Å².